The van der Waals surface area contributed by atoms with Gasteiger partial charge in [0.1, 0.15) is 9.75 Å². The lowest BCUT2D eigenvalue weighted by molar-refractivity contribution is -0.143. The zero-order valence-electron chi connectivity index (χ0n) is 13.6. The molecule has 1 heterocycles. The van der Waals surface area contributed by atoms with E-state index in [4.69, 9.17) is 92.8 Å². The molecule has 29 heavy (non-hydrogen) atoms. The molecule has 2 aliphatic carbocycles. The van der Waals surface area contributed by atoms with Crippen LogP contribution >= 0.6 is 92.8 Å². The highest BCUT2D eigenvalue weighted by Crippen LogP contribution is 2.77. The number of nitrogens with zero attached hydrogens (tertiary/aromatic N) is 1. The lowest BCUT2D eigenvalue weighted by Crippen LogP contribution is -2.54. The van der Waals surface area contributed by atoms with Gasteiger partial charge in [0.15, 0.2) is 4.33 Å². The Morgan fingerprint density at radius 3 is 1.83 bits per heavy atom. The molecule has 0 radical (unpaired) electrons. The fourth-order valence-electron chi connectivity index (χ4n) is 3.94. The van der Waals surface area contributed by atoms with Crippen LogP contribution in [0.25, 0.3) is 0 Å². The van der Waals surface area contributed by atoms with Gasteiger partial charge in [-0.3, -0.25) is 19.8 Å². The second-order valence-electron chi connectivity index (χ2n) is 6.66. The Labute approximate surface area is 204 Å². The number of hydrogen-bond acceptors (Lipinski definition) is 3. The minimum absolute atomic E-state index is 0.0175. The summed E-state index contributed by atoms with van der Waals surface area (Å²) in [4.78, 5) is 34.7. The molecule has 3 amide bonds. The Morgan fingerprint density at radius 2 is 1.38 bits per heavy atom. The molecule has 2 bridgehead atoms. The summed E-state index contributed by atoms with van der Waals surface area (Å²) in [6, 6.07) is 4.09. The van der Waals surface area contributed by atoms with Crippen LogP contribution < -0.4 is 5.43 Å². The van der Waals surface area contributed by atoms with Gasteiger partial charge in [-0.2, -0.15) is 5.01 Å². The number of hydrogen-bond donors (Lipinski definition) is 1. The van der Waals surface area contributed by atoms with E-state index in [2.05, 4.69) is 5.43 Å². The molecule has 4 atom stereocenters. The van der Waals surface area contributed by atoms with E-state index >= 15 is 0 Å². The van der Waals surface area contributed by atoms with Crippen LogP contribution in [0.15, 0.2) is 28.3 Å². The molecule has 0 unspecified atom stereocenters. The summed E-state index contributed by atoms with van der Waals surface area (Å²) in [5.41, 5.74) is 2.19. The number of carbonyl (C=O) groups excluding carboxylic acids is 3. The minimum atomic E-state index is -2.05. The van der Waals surface area contributed by atoms with E-state index in [1.54, 1.807) is 0 Å². The summed E-state index contributed by atoms with van der Waals surface area (Å²) in [5, 5.41) is 0.370. The van der Waals surface area contributed by atoms with Crippen LogP contribution in [-0.2, 0) is 9.59 Å². The first-order chi connectivity index (χ1) is 13.3. The molecule has 0 spiro atoms. The molecule has 1 aliphatic heterocycles. The number of halogens is 8. The first-order valence-corrected chi connectivity index (χ1v) is 10.8. The lowest BCUT2D eigenvalue weighted by Gasteiger charge is -2.34. The van der Waals surface area contributed by atoms with Gasteiger partial charge in [0.25, 0.3) is 17.7 Å². The topological polar surface area (TPSA) is 66.5 Å². The van der Waals surface area contributed by atoms with Crippen LogP contribution in [0.2, 0.25) is 10.0 Å². The van der Waals surface area contributed by atoms with Crippen LogP contribution in [0.4, 0.5) is 0 Å². The highest BCUT2D eigenvalue weighted by molar-refractivity contribution is 6.66. The SMILES string of the molecule is O=C(NN1C(=O)[C@@H]2[C@@H](C1=O)[C@@]1(Cl)C(Cl)=C(Cl)[C@@]2(Cl)C1(Cl)Cl)c1ccc(Cl)cc1Cl. The highest BCUT2D eigenvalue weighted by atomic mass is 35.5. The third-order valence-corrected chi connectivity index (χ3v) is 10.1. The number of nitrogens with one attached hydrogen (secondary N) is 1. The number of allylic oxidation sites excluding steroid dienone is 2. The lowest BCUT2D eigenvalue weighted by atomic mass is 9.84. The maximum absolute atomic E-state index is 13.0. The molecule has 1 saturated carbocycles. The van der Waals surface area contributed by atoms with Gasteiger partial charge in [0.2, 0.25) is 0 Å². The number of benzene rings is 1. The number of rotatable bonds is 2. The Kier molecular flexibility index (Phi) is 5.10. The van der Waals surface area contributed by atoms with Crippen molar-refractivity contribution in [1.82, 2.24) is 10.4 Å². The average molecular weight is 558 g/mol. The quantitative estimate of drug-likeness (QED) is 0.407. The molecular formula is C16H6Cl8N2O3. The van der Waals surface area contributed by atoms with Gasteiger partial charge in [0.05, 0.1) is 32.5 Å². The third-order valence-electron chi connectivity index (χ3n) is 5.30. The predicted molar refractivity (Wildman–Crippen MR) is 113 cm³/mol. The normalized spacial score (nSPS) is 34.8. The molecule has 1 aromatic carbocycles. The van der Waals surface area contributed by atoms with Crippen LogP contribution in [-0.4, -0.2) is 36.8 Å². The Morgan fingerprint density at radius 1 is 0.897 bits per heavy atom. The van der Waals surface area contributed by atoms with Gasteiger partial charge < -0.3 is 0 Å². The number of alkyl halides is 4. The fourth-order valence-corrected chi connectivity index (χ4v) is 7.36. The van der Waals surface area contributed by atoms with Crippen LogP contribution in [0.5, 0.6) is 0 Å². The Bertz CT molecular complexity index is 997. The standard InChI is InChI=1S/C16H6Cl8N2O3/c17-4-1-2-5(6(18)3-4)11(27)25-26-12(28)7-8(13(26)29)15(22)10(20)9(19)14(7,21)16(15,23)24/h1-3,7-8H,(H,25,27)/t7-,8-,14+,15+/m0/s1. The Balaban J connectivity index is 1.72. The fraction of sp³-hybridized carbons (Fsp3) is 0.312. The number of hydrazine groups is 1. The molecule has 2 fully saturated rings. The molecule has 5 nitrogen and oxygen atoms in total. The van der Waals surface area contributed by atoms with Crippen LogP contribution in [0, 0.1) is 11.8 Å². The van der Waals surface area contributed by atoms with E-state index < -0.39 is 43.6 Å². The largest absolute Gasteiger partial charge is 0.272 e. The van der Waals surface area contributed by atoms with Crippen molar-refractivity contribution in [2.24, 2.45) is 11.8 Å². The maximum atomic E-state index is 13.0. The van der Waals surface area contributed by atoms with Gasteiger partial charge >= 0.3 is 0 Å². The summed E-state index contributed by atoms with van der Waals surface area (Å²) in [5.74, 6) is -5.30. The van der Waals surface area contributed by atoms with Gasteiger partial charge in [0, 0.05) is 5.02 Å². The van der Waals surface area contributed by atoms with Gasteiger partial charge in [-0.1, -0.05) is 69.6 Å². The molecule has 1 N–H and O–H groups in total. The van der Waals surface area contributed by atoms with Crippen LogP contribution in [0.3, 0.4) is 0 Å². The summed E-state index contributed by atoms with van der Waals surface area (Å²) >= 11 is 50.1. The van der Waals surface area contributed by atoms with E-state index in [1.807, 2.05) is 0 Å². The highest BCUT2D eigenvalue weighted by Gasteiger charge is 2.87. The second kappa shape index (κ2) is 6.69. The second-order valence-corrected chi connectivity index (χ2v) is 10.8. The molecular weight excluding hydrogens is 552 g/mol. The first kappa shape index (κ1) is 22.1. The minimum Gasteiger partial charge on any atom is -0.272 e. The molecule has 154 valence electrons. The van der Waals surface area contributed by atoms with Crippen molar-refractivity contribution in [3.8, 4) is 0 Å². The average Bonchev–Trinajstić information content (AvgIpc) is 3.00. The van der Waals surface area contributed by atoms with E-state index in [-0.39, 0.29) is 20.7 Å². The third kappa shape index (κ3) is 2.48. The Hall–Kier alpha value is -0.110. The van der Waals surface area contributed by atoms with Gasteiger partial charge in [-0.15, -0.1) is 23.2 Å². The monoisotopic (exact) mass is 554 g/mol. The first-order valence-electron chi connectivity index (χ1n) is 7.77. The maximum Gasteiger partial charge on any atom is 0.271 e. The van der Waals surface area contributed by atoms with Crippen molar-refractivity contribution in [2.45, 2.75) is 14.1 Å². The van der Waals surface area contributed by atoms with Crippen molar-refractivity contribution in [3.05, 3.63) is 43.9 Å². The summed E-state index contributed by atoms with van der Waals surface area (Å²) < 4.78 is -2.05. The number of fused-ring (bicyclic) bond motifs is 5. The van der Waals surface area contributed by atoms with E-state index in [0.717, 1.165) is 0 Å². The van der Waals surface area contributed by atoms with E-state index in [0.29, 0.717) is 10.0 Å². The number of imide groups is 1. The molecule has 13 heteroatoms. The molecule has 1 aromatic rings. The van der Waals surface area contributed by atoms with Crippen molar-refractivity contribution in [1.29, 1.82) is 0 Å². The molecule has 0 aromatic heterocycles. The summed E-state index contributed by atoms with van der Waals surface area (Å²) in [6.45, 7) is 0. The molecule has 3 aliphatic rings. The van der Waals surface area contributed by atoms with E-state index in [9.17, 15) is 14.4 Å². The summed E-state index contributed by atoms with van der Waals surface area (Å²) in [6.07, 6.45) is 0. The molecule has 1 saturated heterocycles. The van der Waals surface area contributed by atoms with Gasteiger partial charge in [-0.05, 0) is 18.2 Å². The smallest absolute Gasteiger partial charge is 0.271 e. The van der Waals surface area contributed by atoms with Crippen molar-refractivity contribution in [3.63, 3.8) is 0 Å². The number of carbonyl (C=O) groups is 3. The molecule has 4 rings (SSSR count). The predicted octanol–water partition coefficient (Wildman–Crippen LogP) is 5.08. The van der Waals surface area contributed by atoms with Crippen molar-refractivity contribution >= 4 is 111 Å². The zero-order chi connectivity index (χ0) is 21.7. The zero-order valence-corrected chi connectivity index (χ0v) is 19.6. The van der Waals surface area contributed by atoms with E-state index in [1.165, 1.54) is 18.2 Å². The van der Waals surface area contributed by atoms with Gasteiger partial charge in [-0.25, -0.2) is 0 Å². The summed E-state index contributed by atoms with van der Waals surface area (Å²) in [7, 11) is 0. The van der Waals surface area contributed by atoms with Crippen LogP contribution in [0.1, 0.15) is 10.4 Å². The van der Waals surface area contributed by atoms with Crippen molar-refractivity contribution < 1.29 is 14.4 Å². The van der Waals surface area contributed by atoms with Crippen molar-refractivity contribution in [2.75, 3.05) is 0 Å². The number of amides is 3.